The lowest BCUT2D eigenvalue weighted by Gasteiger charge is -2.09. The van der Waals surface area contributed by atoms with Gasteiger partial charge in [-0.25, -0.2) is 4.98 Å². The van der Waals surface area contributed by atoms with Crippen molar-refractivity contribution in [2.45, 2.75) is 32.6 Å². The van der Waals surface area contributed by atoms with Gasteiger partial charge in [-0.15, -0.1) is 0 Å². The van der Waals surface area contributed by atoms with Crippen LogP contribution < -0.4 is 10.3 Å². The summed E-state index contributed by atoms with van der Waals surface area (Å²) in [7, 11) is 0. The minimum atomic E-state index is -0.0429. The Kier molecular flexibility index (Phi) is 3.30. The van der Waals surface area contributed by atoms with Gasteiger partial charge in [-0.2, -0.15) is 0 Å². The lowest BCUT2D eigenvalue weighted by molar-refractivity contribution is 0.340. The molecule has 104 valence electrons. The molecular formula is C16H18N2O2. The summed E-state index contributed by atoms with van der Waals surface area (Å²) >= 11 is 0. The van der Waals surface area contributed by atoms with Gasteiger partial charge in [0.05, 0.1) is 12.3 Å². The topological polar surface area (TPSA) is 55.0 Å². The van der Waals surface area contributed by atoms with Gasteiger partial charge < -0.3 is 9.72 Å². The predicted octanol–water partition coefficient (Wildman–Crippen LogP) is 3.02. The number of aromatic amines is 1. The van der Waals surface area contributed by atoms with Gasteiger partial charge in [0.15, 0.2) is 0 Å². The second-order valence-corrected chi connectivity index (χ2v) is 5.16. The van der Waals surface area contributed by atoms with Gasteiger partial charge in [-0.1, -0.05) is 12.1 Å². The summed E-state index contributed by atoms with van der Waals surface area (Å²) in [6.45, 7) is 4.39. The van der Waals surface area contributed by atoms with E-state index in [1.165, 1.54) is 0 Å². The number of rotatable bonds is 4. The third kappa shape index (κ3) is 2.46. The lowest BCUT2D eigenvalue weighted by Crippen LogP contribution is -2.15. The van der Waals surface area contributed by atoms with Crippen LogP contribution >= 0.6 is 0 Å². The molecule has 1 aromatic heterocycles. The number of aromatic nitrogens is 2. The van der Waals surface area contributed by atoms with E-state index in [0.717, 1.165) is 35.7 Å². The minimum absolute atomic E-state index is 0.0429. The van der Waals surface area contributed by atoms with E-state index in [1.807, 2.05) is 38.1 Å². The fourth-order valence-electron chi connectivity index (χ4n) is 2.28. The average Bonchev–Trinajstić information content (AvgIpc) is 3.27. The normalized spacial score (nSPS) is 14.3. The molecule has 1 aromatic carbocycles. The molecule has 1 heterocycles. The highest BCUT2D eigenvalue weighted by atomic mass is 16.5. The summed E-state index contributed by atoms with van der Waals surface area (Å²) in [6.07, 6.45) is 2.23. The summed E-state index contributed by atoms with van der Waals surface area (Å²) in [6, 6.07) is 7.75. The molecule has 0 saturated heterocycles. The Balaban J connectivity index is 2.08. The molecule has 0 atom stereocenters. The highest BCUT2D eigenvalue weighted by Crippen LogP contribution is 2.38. The third-order valence-electron chi connectivity index (χ3n) is 3.55. The molecule has 1 N–H and O–H groups in total. The van der Waals surface area contributed by atoms with Crippen LogP contribution in [0.25, 0.3) is 11.3 Å². The first-order valence-corrected chi connectivity index (χ1v) is 7.03. The first-order chi connectivity index (χ1) is 9.69. The summed E-state index contributed by atoms with van der Waals surface area (Å²) in [5, 5.41) is 0. The minimum Gasteiger partial charge on any atom is -0.494 e. The highest BCUT2D eigenvalue weighted by molar-refractivity contribution is 5.64. The number of nitrogens with zero attached hydrogens (tertiary/aromatic N) is 1. The standard InChI is InChI=1S/C16H18N2O2/c1-3-20-13-6-4-5-12(9-13)14-10(2)16(19)18-15(17-14)11-7-8-11/h4-6,9,11H,3,7-8H2,1-2H3,(H,17,18,19). The van der Waals surface area contributed by atoms with Crippen LogP contribution in [-0.4, -0.2) is 16.6 Å². The third-order valence-corrected chi connectivity index (χ3v) is 3.55. The van der Waals surface area contributed by atoms with E-state index in [1.54, 1.807) is 0 Å². The van der Waals surface area contributed by atoms with E-state index in [-0.39, 0.29) is 5.56 Å². The molecule has 1 fully saturated rings. The first kappa shape index (κ1) is 12.9. The molecule has 20 heavy (non-hydrogen) atoms. The van der Waals surface area contributed by atoms with Gasteiger partial charge >= 0.3 is 0 Å². The quantitative estimate of drug-likeness (QED) is 0.929. The Morgan fingerprint density at radius 1 is 1.40 bits per heavy atom. The van der Waals surface area contributed by atoms with Crippen LogP contribution in [0, 0.1) is 6.92 Å². The molecule has 0 radical (unpaired) electrons. The van der Waals surface area contributed by atoms with Crippen molar-refractivity contribution in [2.24, 2.45) is 0 Å². The van der Waals surface area contributed by atoms with Crippen LogP contribution in [0.3, 0.4) is 0 Å². The number of nitrogens with one attached hydrogen (secondary N) is 1. The second kappa shape index (κ2) is 5.12. The maximum absolute atomic E-state index is 12.1. The Morgan fingerprint density at radius 3 is 2.90 bits per heavy atom. The highest BCUT2D eigenvalue weighted by Gasteiger charge is 2.27. The first-order valence-electron chi connectivity index (χ1n) is 7.03. The number of benzene rings is 1. The maximum Gasteiger partial charge on any atom is 0.254 e. The Labute approximate surface area is 117 Å². The molecule has 0 unspecified atom stereocenters. The number of H-pyrrole nitrogens is 1. The van der Waals surface area contributed by atoms with Crippen molar-refractivity contribution in [1.82, 2.24) is 9.97 Å². The monoisotopic (exact) mass is 270 g/mol. The molecule has 0 aliphatic heterocycles. The summed E-state index contributed by atoms with van der Waals surface area (Å²) in [5.74, 6) is 2.05. The molecule has 3 rings (SSSR count). The Bertz CT molecular complexity index is 687. The smallest absolute Gasteiger partial charge is 0.254 e. The summed E-state index contributed by atoms with van der Waals surface area (Å²) in [4.78, 5) is 19.6. The van der Waals surface area contributed by atoms with Crippen molar-refractivity contribution in [3.05, 3.63) is 46.0 Å². The molecule has 4 heteroatoms. The van der Waals surface area contributed by atoms with Crippen LogP contribution in [0.4, 0.5) is 0 Å². The molecule has 0 amide bonds. The molecule has 2 aromatic rings. The van der Waals surface area contributed by atoms with Crippen LogP contribution in [0.5, 0.6) is 5.75 Å². The molecule has 4 nitrogen and oxygen atoms in total. The zero-order valence-electron chi connectivity index (χ0n) is 11.8. The fourth-order valence-corrected chi connectivity index (χ4v) is 2.28. The SMILES string of the molecule is CCOc1cccc(-c2nc(C3CC3)[nH]c(=O)c2C)c1. The molecular weight excluding hydrogens is 252 g/mol. The van der Waals surface area contributed by atoms with Crippen LogP contribution in [-0.2, 0) is 0 Å². The summed E-state index contributed by atoms with van der Waals surface area (Å²) in [5.41, 5.74) is 2.31. The van der Waals surface area contributed by atoms with Crippen LogP contribution in [0.1, 0.15) is 37.1 Å². The van der Waals surface area contributed by atoms with Crippen molar-refractivity contribution < 1.29 is 4.74 Å². The van der Waals surface area contributed by atoms with Crippen molar-refractivity contribution in [3.63, 3.8) is 0 Å². The van der Waals surface area contributed by atoms with Crippen molar-refractivity contribution >= 4 is 0 Å². The van der Waals surface area contributed by atoms with E-state index < -0.39 is 0 Å². The van der Waals surface area contributed by atoms with Crippen molar-refractivity contribution in [3.8, 4) is 17.0 Å². The van der Waals surface area contributed by atoms with E-state index in [0.29, 0.717) is 18.1 Å². The largest absolute Gasteiger partial charge is 0.494 e. The maximum atomic E-state index is 12.1. The van der Waals surface area contributed by atoms with Gasteiger partial charge in [0.1, 0.15) is 11.6 Å². The molecule has 0 bridgehead atoms. The van der Waals surface area contributed by atoms with Gasteiger partial charge in [-0.3, -0.25) is 4.79 Å². The fraction of sp³-hybridized carbons (Fsp3) is 0.375. The molecule has 1 saturated carbocycles. The number of hydrogen-bond donors (Lipinski definition) is 1. The van der Waals surface area contributed by atoms with E-state index in [9.17, 15) is 4.79 Å². The summed E-state index contributed by atoms with van der Waals surface area (Å²) < 4.78 is 5.51. The van der Waals surface area contributed by atoms with Crippen molar-refractivity contribution in [1.29, 1.82) is 0 Å². The van der Waals surface area contributed by atoms with Crippen LogP contribution in [0.15, 0.2) is 29.1 Å². The van der Waals surface area contributed by atoms with Crippen LogP contribution in [0.2, 0.25) is 0 Å². The van der Waals surface area contributed by atoms with E-state index in [4.69, 9.17) is 4.74 Å². The predicted molar refractivity (Wildman–Crippen MR) is 78.2 cm³/mol. The van der Waals surface area contributed by atoms with E-state index in [2.05, 4.69) is 9.97 Å². The Hall–Kier alpha value is -2.10. The Morgan fingerprint density at radius 2 is 2.20 bits per heavy atom. The molecule has 0 spiro atoms. The van der Waals surface area contributed by atoms with E-state index >= 15 is 0 Å². The lowest BCUT2D eigenvalue weighted by atomic mass is 10.1. The molecule has 1 aliphatic carbocycles. The van der Waals surface area contributed by atoms with Gasteiger partial charge in [-0.05, 0) is 38.8 Å². The second-order valence-electron chi connectivity index (χ2n) is 5.16. The number of hydrogen-bond acceptors (Lipinski definition) is 3. The zero-order valence-corrected chi connectivity index (χ0v) is 11.8. The van der Waals surface area contributed by atoms with Gasteiger partial charge in [0.25, 0.3) is 5.56 Å². The molecule has 1 aliphatic rings. The zero-order chi connectivity index (χ0) is 14.1. The van der Waals surface area contributed by atoms with Crippen molar-refractivity contribution in [2.75, 3.05) is 6.61 Å². The van der Waals surface area contributed by atoms with Gasteiger partial charge in [0, 0.05) is 17.0 Å². The number of ether oxygens (including phenoxy) is 1. The van der Waals surface area contributed by atoms with Gasteiger partial charge in [0.2, 0.25) is 0 Å². The average molecular weight is 270 g/mol.